The van der Waals surface area contributed by atoms with Crippen molar-refractivity contribution >= 4 is 11.6 Å². The van der Waals surface area contributed by atoms with E-state index in [-0.39, 0.29) is 6.10 Å². The first-order chi connectivity index (χ1) is 7.81. The van der Waals surface area contributed by atoms with Gasteiger partial charge in [0, 0.05) is 25.0 Å². The third-order valence-electron chi connectivity index (χ3n) is 3.16. The van der Waals surface area contributed by atoms with Gasteiger partial charge in [0.2, 0.25) is 0 Å². The molecule has 0 radical (unpaired) electrons. The fourth-order valence-electron chi connectivity index (χ4n) is 2.17. The lowest BCUT2D eigenvalue weighted by molar-refractivity contribution is -0.0572. The van der Waals surface area contributed by atoms with E-state index < -0.39 is 0 Å². The number of benzene rings is 1. The molecule has 16 heavy (non-hydrogen) atoms. The topological polar surface area (TPSA) is 12.5 Å². The molecule has 1 heterocycles. The van der Waals surface area contributed by atoms with Gasteiger partial charge in [0.05, 0.1) is 12.7 Å². The van der Waals surface area contributed by atoms with Crippen molar-refractivity contribution in [1.29, 1.82) is 0 Å². The first-order valence-electron chi connectivity index (χ1n) is 5.77. The summed E-state index contributed by atoms with van der Waals surface area (Å²) in [7, 11) is 0. The molecule has 0 spiro atoms. The Morgan fingerprint density at radius 2 is 2.12 bits per heavy atom. The molecular formula is C13H18ClNO. The van der Waals surface area contributed by atoms with Gasteiger partial charge < -0.3 is 4.74 Å². The molecule has 88 valence electrons. The molecule has 0 unspecified atom stereocenters. The van der Waals surface area contributed by atoms with Crippen LogP contribution < -0.4 is 0 Å². The van der Waals surface area contributed by atoms with Crippen LogP contribution in [0.15, 0.2) is 30.3 Å². The quantitative estimate of drug-likeness (QED) is 0.752. The van der Waals surface area contributed by atoms with Crippen molar-refractivity contribution in [2.24, 2.45) is 0 Å². The Morgan fingerprint density at radius 3 is 2.81 bits per heavy atom. The molecule has 1 aliphatic rings. The van der Waals surface area contributed by atoms with Crippen molar-refractivity contribution < 1.29 is 4.74 Å². The fraction of sp³-hybridized carbons (Fsp3) is 0.538. The Bertz CT molecular complexity index is 317. The first-order valence-corrected chi connectivity index (χ1v) is 6.30. The monoisotopic (exact) mass is 239 g/mol. The zero-order valence-electron chi connectivity index (χ0n) is 9.60. The Kier molecular flexibility index (Phi) is 4.22. The van der Waals surface area contributed by atoms with Crippen molar-refractivity contribution in [2.45, 2.75) is 25.6 Å². The molecule has 0 amide bonds. The molecule has 2 nitrogen and oxygen atoms in total. The summed E-state index contributed by atoms with van der Waals surface area (Å²) in [4.78, 5) is 2.41. The molecule has 0 aromatic heterocycles. The normalized spacial score (nSPS) is 26.9. The summed E-state index contributed by atoms with van der Waals surface area (Å²) in [5.74, 6) is 0.633. The number of alkyl halides is 1. The van der Waals surface area contributed by atoms with Gasteiger partial charge in [-0.2, -0.15) is 0 Å². The Hall–Kier alpha value is -0.570. The summed E-state index contributed by atoms with van der Waals surface area (Å²) in [6.45, 7) is 4.84. The van der Waals surface area contributed by atoms with E-state index in [9.17, 15) is 0 Å². The van der Waals surface area contributed by atoms with E-state index in [0.717, 1.165) is 19.7 Å². The van der Waals surface area contributed by atoms with E-state index in [2.05, 4.69) is 36.1 Å². The Labute approximate surface area is 102 Å². The van der Waals surface area contributed by atoms with E-state index in [1.165, 1.54) is 5.56 Å². The molecule has 1 saturated heterocycles. The third kappa shape index (κ3) is 2.76. The van der Waals surface area contributed by atoms with Crippen LogP contribution in [0.3, 0.4) is 0 Å². The fourth-order valence-corrected chi connectivity index (χ4v) is 2.61. The van der Waals surface area contributed by atoms with Crippen LogP contribution in [-0.4, -0.2) is 36.1 Å². The number of halogens is 1. The average Bonchev–Trinajstić information content (AvgIpc) is 2.31. The highest BCUT2D eigenvalue weighted by Gasteiger charge is 2.28. The van der Waals surface area contributed by atoms with E-state index >= 15 is 0 Å². The van der Waals surface area contributed by atoms with Crippen LogP contribution in [0.4, 0.5) is 0 Å². The summed E-state index contributed by atoms with van der Waals surface area (Å²) in [6.07, 6.45) is 0.231. The van der Waals surface area contributed by atoms with Crippen LogP contribution in [0.25, 0.3) is 0 Å². The molecule has 1 fully saturated rings. The van der Waals surface area contributed by atoms with Gasteiger partial charge in [0.15, 0.2) is 0 Å². The molecular weight excluding hydrogens is 222 g/mol. The maximum Gasteiger partial charge on any atom is 0.0714 e. The SMILES string of the molecule is C[C@@H]1OCCN(Cc2ccccc2)[C@H]1CCl. The molecule has 0 bridgehead atoms. The summed E-state index contributed by atoms with van der Waals surface area (Å²) in [6, 6.07) is 10.8. The van der Waals surface area contributed by atoms with Gasteiger partial charge in [-0.15, -0.1) is 11.6 Å². The minimum absolute atomic E-state index is 0.231. The largest absolute Gasteiger partial charge is 0.376 e. The highest BCUT2D eigenvalue weighted by molar-refractivity contribution is 6.18. The van der Waals surface area contributed by atoms with Gasteiger partial charge in [-0.3, -0.25) is 4.90 Å². The van der Waals surface area contributed by atoms with E-state index in [0.29, 0.717) is 11.9 Å². The van der Waals surface area contributed by atoms with Crippen LogP contribution in [0, 0.1) is 0 Å². The number of rotatable bonds is 3. The summed E-state index contributed by atoms with van der Waals surface area (Å²) >= 11 is 6.01. The van der Waals surface area contributed by atoms with Crippen molar-refractivity contribution in [2.75, 3.05) is 19.0 Å². The third-order valence-corrected chi connectivity index (χ3v) is 3.47. The number of morpholine rings is 1. The summed E-state index contributed by atoms with van der Waals surface area (Å²) in [5, 5.41) is 0. The van der Waals surface area contributed by atoms with Gasteiger partial charge in [-0.25, -0.2) is 0 Å². The highest BCUT2D eigenvalue weighted by Crippen LogP contribution is 2.18. The van der Waals surface area contributed by atoms with E-state index in [1.54, 1.807) is 0 Å². The average molecular weight is 240 g/mol. The van der Waals surface area contributed by atoms with Crippen LogP contribution in [-0.2, 0) is 11.3 Å². The molecule has 1 aromatic carbocycles. The lowest BCUT2D eigenvalue weighted by atomic mass is 10.1. The summed E-state index contributed by atoms with van der Waals surface area (Å²) in [5.41, 5.74) is 1.34. The standard InChI is InChI=1S/C13H18ClNO/c1-11-13(9-14)15(7-8-16-11)10-12-5-3-2-4-6-12/h2-6,11,13H,7-10H2,1H3/t11-,13-/m0/s1. The molecule has 3 heteroatoms. The minimum Gasteiger partial charge on any atom is -0.376 e. The molecule has 0 saturated carbocycles. The first kappa shape index (κ1) is 11.9. The highest BCUT2D eigenvalue weighted by atomic mass is 35.5. The van der Waals surface area contributed by atoms with E-state index in [4.69, 9.17) is 16.3 Å². The predicted molar refractivity (Wildman–Crippen MR) is 66.8 cm³/mol. The smallest absolute Gasteiger partial charge is 0.0714 e. The number of nitrogens with zero attached hydrogens (tertiary/aromatic N) is 1. The Morgan fingerprint density at radius 1 is 1.38 bits per heavy atom. The van der Waals surface area contributed by atoms with Gasteiger partial charge in [0.25, 0.3) is 0 Å². The van der Waals surface area contributed by atoms with Crippen LogP contribution in [0.1, 0.15) is 12.5 Å². The second-order valence-electron chi connectivity index (χ2n) is 4.25. The molecule has 1 aliphatic heterocycles. The molecule has 0 N–H and O–H groups in total. The molecule has 1 aromatic rings. The maximum absolute atomic E-state index is 6.01. The lowest BCUT2D eigenvalue weighted by Crippen LogP contribution is -2.50. The van der Waals surface area contributed by atoms with Crippen molar-refractivity contribution in [1.82, 2.24) is 4.90 Å². The predicted octanol–water partition coefficient (Wildman–Crippen LogP) is 2.51. The molecule has 2 atom stereocenters. The van der Waals surface area contributed by atoms with Gasteiger partial charge in [-0.1, -0.05) is 30.3 Å². The lowest BCUT2D eigenvalue weighted by Gasteiger charge is -2.38. The number of hydrogen-bond acceptors (Lipinski definition) is 2. The minimum atomic E-state index is 0.231. The zero-order chi connectivity index (χ0) is 11.4. The van der Waals surface area contributed by atoms with Gasteiger partial charge in [0.1, 0.15) is 0 Å². The van der Waals surface area contributed by atoms with Crippen LogP contribution >= 0.6 is 11.6 Å². The van der Waals surface area contributed by atoms with Crippen molar-refractivity contribution in [3.8, 4) is 0 Å². The number of hydrogen-bond donors (Lipinski definition) is 0. The molecule has 0 aliphatic carbocycles. The second-order valence-corrected chi connectivity index (χ2v) is 4.56. The zero-order valence-corrected chi connectivity index (χ0v) is 10.4. The van der Waals surface area contributed by atoms with Crippen molar-refractivity contribution in [3.05, 3.63) is 35.9 Å². The number of ether oxygens (including phenoxy) is 1. The second kappa shape index (κ2) is 5.67. The molecule has 2 rings (SSSR count). The summed E-state index contributed by atoms with van der Waals surface area (Å²) < 4.78 is 5.62. The van der Waals surface area contributed by atoms with Gasteiger partial charge >= 0.3 is 0 Å². The van der Waals surface area contributed by atoms with Crippen molar-refractivity contribution in [3.63, 3.8) is 0 Å². The van der Waals surface area contributed by atoms with Gasteiger partial charge in [-0.05, 0) is 12.5 Å². The van der Waals surface area contributed by atoms with Crippen LogP contribution in [0.2, 0.25) is 0 Å². The van der Waals surface area contributed by atoms with Crippen LogP contribution in [0.5, 0.6) is 0 Å². The van der Waals surface area contributed by atoms with E-state index in [1.807, 2.05) is 6.07 Å². The maximum atomic E-state index is 6.01. The Balaban J connectivity index is 2.02.